The van der Waals surface area contributed by atoms with E-state index in [1.54, 1.807) is 0 Å². The van der Waals surface area contributed by atoms with Crippen LogP contribution >= 0.6 is 0 Å². The molecule has 10 heteroatoms. The summed E-state index contributed by atoms with van der Waals surface area (Å²) in [6.45, 7) is -0.280. The third kappa shape index (κ3) is 3.57. The van der Waals surface area contributed by atoms with Gasteiger partial charge in [-0.3, -0.25) is 0 Å². The summed E-state index contributed by atoms with van der Waals surface area (Å²) >= 11 is 0. The molecule has 0 radical (unpaired) electrons. The van der Waals surface area contributed by atoms with E-state index in [0.717, 1.165) is 6.07 Å². The maximum absolute atomic E-state index is 10.2. The van der Waals surface area contributed by atoms with E-state index in [0.29, 0.717) is 5.56 Å². The van der Waals surface area contributed by atoms with Crippen LogP contribution in [-0.4, -0.2) is 67.0 Å². The molecule has 0 amide bonds. The van der Waals surface area contributed by atoms with Crippen molar-refractivity contribution in [2.75, 3.05) is 6.61 Å². The Morgan fingerprint density at radius 1 is 0.867 bits per heavy atom. The molecule has 2 aliphatic heterocycles. The molecule has 0 spiro atoms. The summed E-state index contributed by atoms with van der Waals surface area (Å²) in [5.41, 5.74) is 0.531. The molecule has 0 aliphatic carbocycles. The molecular weight excluding hydrogens is 400 g/mol. The van der Waals surface area contributed by atoms with Crippen molar-refractivity contribution in [1.29, 1.82) is 0 Å². The lowest BCUT2D eigenvalue weighted by Crippen LogP contribution is -2.53. The van der Waals surface area contributed by atoms with Gasteiger partial charge in [-0.15, -0.1) is 0 Å². The molecule has 2 aromatic carbocycles. The number of rotatable bonds is 3. The van der Waals surface area contributed by atoms with Crippen molar-refractivity contribution < 1.29 is 50.0 Å². The third-order valence-corrected chi connectivity index (χ3v) is 4.90. The molecule has 7 N–H and O–H groups in total. The summed E-state index contributed by atoms with van der Waals surface area (Å²) in [5.74, 6) is -1.12. The molecule has 2 aliphatic rings. The number of benzene rings is 2. The second kappa shape index (κ2) is 7.58. The first-order valence-electron chi connectivity index (χ1n) is 9.03. The van der Waals surface area contributed by atoms with Gasteiger partial charge in [0.25, 0.3) is 0 Å². The predicted octanol–water partition coefficient (Wildman–Crippen LogP) is 0.439. The van der Waals surface area contributed by atoms with Crippen LogP contribution < -0.4 is 4.74 Å². The number of phenols is 4. The summed E-state index contributed by atoms with van der Waals surface area (Å²) in [5, 5.41) is 69.0. The minimum atomic E-state index is -1.57. The van der Waals surface area contributed by atoms with Gasteiger partial charge in [-0.1, -0.05) is 6.07 Å². The van der Waals surface area contributed by atoms with Gasteiger partial charge in [0.05, 0.1) is 12.2 Å². The standard InChI is InChI=1S/C20H20O10/c21-9-4-12(23)10-6-16(30-20-18(27)17(26)14(25)7-28-20)19(29-15(10)5-9)8-1-2-11(22)13(24)3-8/h1-6,14,17-27H,7H2/t14-,17+,18+,19?,20+/m1/s1. The molecule has 1 fully saturated rings. The van der Waals surface area contributed by atoms with Crippen LogP contribution in [0.15, 0.2) is 36.1 Å². The number of hydrogen-bond acceptors (Lipinski definition) is 10. The monoisotopic (exact) mass is 420 g/mol. The van der Waals surface area contributed by atoms with Gasteiger partial charge in [0.1, 0.15) is 41.3 Å². The highest BCUT2D eigenvalue weighted by Crippen LogP contribution is 2.45. The summed E-state index contributed by atoms with van der Waals surface area (Å²) in [7, 11) is 0. The smallest absolute Gasteiger partial charge is 0.228 e. The number of phenolic OH excluding ortho intramolecular Hbond substituents is 4. The third-order valence-electron chi connectivity index (χ3n) is 4.90. The zero-order valence-corrected chi connectivity index (χ0v) is 15.4. The van der Waals surface area contributed by atoms with E-state index in [2.05, 4.69) is 0 Å². The topological polar surface area (TPSA) is 169 Å². The van der Waals surface area contributed by atoms with Gasteiger partial charge >= 0.3 is 0 Å². The van der Waals surface area contributed by atoms with Crippen LogP contribution in [-0.2, 0) is 9.47 Å². The zero-order valence-electron chi connectivity index (χ0n) is 15.4. The lowest BCUT2D eigenvalue weighted by molar-refractivity contribution is -0.261. The number of ether oxygens (including phenoxy) is 3. The Labute approximate surface area is 170 Å². The van der Waals surface area contributed by atoms with E-state index in [-0.39, 0.29) is 40.9 Å². The maximum atomic E-state index is 10.2. The minimum absolute atomic E-state index is 0.0428. The predicted molar refractivity (Wildman–Crippen MR) is 99.7 cm³/mol. The van der Waals surface area contributed by atoms with Gasteiger partial charge < -0.3 is 50.0 Å². The van der Waals surface area contributed by atoms with Crippen molar-refractivity contribution >= 4 is 6.08 Å². The normalized spacial score (nSPS) is 28.2. The largest absolute Gasteiger partial charge is 0.508 e. The Morgan fingerprint density at radius 2 is 1.63 bits per heavy atom. The van der Waals surface area contributed by atoms with Crippen LogP contribution in [0.4, 0.5) is 0 Å². The van der Waals surface area contributed by atoms with Crippen LogP contribution in [0.5, 0.6) is 28.7 Å². The fourth-order valence-electron chi connectivity index (χ4n) is 3.29. The Hall–Kier alpha value is -3.18. The van der Waals surface area contributed by atoms with Crippen LogP contribution in [0.25, 0.3) is 6.08 Å². The molecular formula is C20H20O10. The molecule has 0 bridgehead atoms. The van der Waals surface area contributed by atoms with Gasteiger partial charge in [0.15, 0.2) is 17.6 Å². The van der Waals surface area contributed by atoms with Gasteiger partial charge in [-0.25, -0.2) is 0 Å². The minimum Gasteiger partial charge on any atom is -0.508 e. The first kappa shape index (κ1) is 20.1. The first-order valence-corrected chi connectivity index (χ1v) is 9.03. The quantitative estimate of drug-likeness (QED) is 0.346. The molecule has 160 valence electrons. The van der Waals surface area contributed by atoms with Gasteiger partial charge in [-0.2, -0.15) is 0 Å². The molecule has 2 heterocycles. The second-order valence-electron chi connectivity index (χ2n) is 7.04. The lowest BCUT2D eigenvalue weighted by atomic mass is 10.0. The maximum Gasteiger partial charge on any atom is 0.228 e. The average molecular weight is 420 g/mol. The van der Waals surface area contributed by atoms with E-state index >= 15 is 0 Å². The summed E-state index contributed by atoms with van der Waals surface area (Å²) in [6, 6.07) is 6.33. The number of fused-ring (bicyclic) bond motifs is 1. The number of aromatic hydroxyl groups is 4. The molecule has 2 aromatic rings. The van der Waals surface area contributed by atoms with Crippen LogP contribution in [0.3, 0.4) is 0 Å². The zero-order chi connectivity index (χ0) is 21.6. The van der Waals surface area contributed by atoms with Crippen molar-refractivity contribution in [2.45, 2.75) is 30.7 Å². The first-order chi connectivity index (χ1) is 14.2. The Morgan fingerprint density at radius 3 is 2.37 bits per heavy atom. The van der Waals surface area contributed by atoms with Crippen LogP contribution in [0.1, 0.15) is 17.2 Å². The number of hydrogen-bond donors (Lipinski definition) is 7. The Kier molecular flexibility index (Phi) is 5.08. The van der Waals surface area contributed by atoms with Gasteiger partial charge in [-0.05, 0) is 18.2 Å². The number of aliphatic hydroxyl groups excluding tert-OH is 3. The molecule has 4 rings (SSSR count). The van der Waals surface area contributed by atoms with Crippen molar-refractivity contribution in [1.82, 2.24) is 0 Å². The molecule has 10 nitrogen and oxygen atoms in total. The van der Waals surface area contributed by atoms with Gasteiger partial charge in [0, 0.05) is 17.7 Å². The highest BCUT2D eigenvalue weighted by molar-refractivity contribution is 5.69. The van der Waals surface area contributed by atoms with Crippen LogP contribution in [0, 0.1) is 0 Å². The second-order valence-corrected chi connectivity index (χ2v) is 7.04. The van der Waals surface area contributed by atoms with E-state index < -0.39 is 36.5 Å². The fourth-order valence-corrected chi connectivity index (χ4v) is 3.29. The molecule has 30 heavy (non-hydrogen) atoms. The number of aliphatic hydroxyl groups is 3. The average Bonchev–Trinajstić information content (AvgIpc) is 2.70. The van der Waals surface area contributed by atoms with Crippen molar-refractivity contribution in [3.63, 3.8) is 0 Å². The van der Waals surface area contributed by atoms with E-state index in [1.165, 1.54) is 30.3 Å². The Bertz CT molecular complexity index is 988. The van der Waals surface area contributed by atoms with Gasteiger partial charge in [0.2, 0.25) is 6.29 Å². The van der Waals surface area contributed by atoms with Crippen molar-refractivity contribution in [3.05, 3.63) is 47.2 Å². The summed E-state index contributed by atoms with van der Waals surface area (Å²) in [6.07, 6.45) is -5.33. The SMILES string of the molecule is Oc1cc(O)c2c(c1)OC(c1ccc(O)c(O)c1)C(O[C@@H]1OC[C@@H](O)[C@H](O)[C@@H]1O)=C2. The highest BCUT2D eigenvalue weighted by atomic mass is 16.7. The van der Waals surface area contributed by atoms with Crippen LogP contribution in [0.2, 0.25) is 0 Å². The molecule has 0 aromatic heterocycles. The summed E-state index contributed by atoms with van der Waals surface area (Å²) in [4.78, 5) is 0. The fraction of sp³-hybridized carbons (Fsp3) is 0.300. The molecule has 5 atom stereocenters. The lowest BCUT2D eigenvalue weighted by Gasteiger charge is -2.37. The molecule has 1 saturated heterocycles. The van der Waals surface area contributed by atoms with E-state index in [9.17, 15) is 35.7 Å². The van der Waals surface area contributed by atoms with Crippen molar-refractivity contribution in [3.8, 4) is 28.7 Å². The summed E-state index contributed by atoms with van der Waals surface area (Å²) < 4.78 is 16.8. The van der Waals surface area contributed by atoms with E-state index in [1.807, 2.05) is 0 Å². The van der Waals surface area contributed by atoms with E-state index in [4.69, 9.17) is 14.2 Å². The Balaban J connectivity index is 1.73. The molecule has 1 unspecified atom stereocenters. The van der Waals surface area contributed by atoms with Crippen molar-refractivity contribution in [2.24, 2.45) is 0 Å². The highest BCUT2D eigenvalue weighted by Gasteiger charge is 2.41. The molecule has 0 saturated carbocycles.